The van der Waals surface area contributed by atoms with Crippen molar-refractivity contribution in [1.29, 1.82) is 0 Å². The Bertz CT molecular complexity index is 881. The van der Waals surface area contributed by atoms with Crippen LogP contribution >= 0.6 is 11.6 Å². The molecule has 0 atom stereocenters. The summed E-state index contributed by atoms with van der Waals surface area (Å²) in [5.74, 6) is -0.265. The number of hydrogen-bond donors (Lipinski definition) is 1. The molecule has 1 aliphatic rings. The summed E-state index contributed by atoms with van der Waals surface area (Å²) in [7, 11) is -3.65. The van der Waals surface area contributed by atoms with Gasteiger partial charge in [0, 0.05) is 13.1 Å². The highest BCUT2D eigenvalue weighted by atomic mass is 35.5. The lowest BCUT2D eigenvalue weighted by Gasteiger charge is -2.26. The molecule has 6 nitrogen and oxygen atoms in total. The maximum absolute atomic E-state index is 12.7. The Kier molecular flexibility index (Phi) is 5.93. The summed E-state index contributed by atoms with van der Waals surface area (Å²) in [5.41, 5.74) is 1.14. The van der Waals surface area contributed by atoms with Crippen LogP contribution in [0.25, 0.3) is 0 Å². The van der Waals surface area contributed by atoms with Gasteiger partial charge in [-0.3, -0.25) is 4.79 Å². The number of benzene rings is 2. The Balaban J connectivity index is 1.78. The van der Waals surface area contributed by atoms with E-state index in [-0.39, 0.29) is 27.9 Å². The molecule has 0 saturated carbocycles. The van der Waals surface area contributed by atoms with Crippen LogP contribution in [0.3, 0.4) is 0 Å². The summed E-state index contributed by atoms with van der Waals surface area (Å²) in [4.78, 5) is 12.3. The molecular weight excluding hydrogens is 376 g/mol. The zero-order chi connectivity index (χ0) is 18.6. The van der Waals surface area contributed by atoms with Gasteiger partial charge in [-0.15, -0.1) is 0 Å². The second-order valence-electron chi connectivity index (χ2n) is 5.87. The molecular formula is C18H19ClN2O4S. The third kappa shape index (κ3) is 4.42. The van der Waals surface area contributed by atoms with Gasteiger partial charge in [-0.2, -0.15) is 4.31 Å². The average Bonchev–Trinajstić information content (AvgIpc) is 2.65. The summed E-state index contributed by atoms with van der Waals surface area (Å²) in [5, 5.41) is 2.98. The van der Waals surface area contributed by atoms with Crippen LogP contribution in [0.2, 0.25) is 5.02 Å². The second kappa shape index (κ2) is 8.18. The van der Waals surface area contributed by atoms with Crippen molar-refractivity contribution in [1.82, 2.24) is 4.31 Å². The van der Waals surface area contributed by atoms with Crippen LogP contribution in [0.4, 0.5) is 5.69 Å². The van der Waals surface area contributed by atoms with Crippen molar-refractivity contribution >= 4 is 33.2 Å². The van der Waals surface area contributed by atoms with E-state index >= 15 is 0 Å². The molecule has 0 bridgehead atoms. The van der Waals surface area contributed by atoms with E-state index in [0.717, 1.165) is 5.56 Å². The quantitative estimate of drug-likeness (QED) is 0.845. The van der Waals surface area contributed by atoms with Crippen LogP contribution in [0, 0.1) is 0 Å². The van der Waals surface area contributed by atoms with Crippen LogP contribution < -0.4 is 5.32 Å². The fourth-order valence-electron chi connectivity index (χ4n) is 2.67. The maximum Gasteiger partial charge on any atom is 0.243 e. The number of amides is 1. The molecule has 0 radical (unpaired) electrons. The van der Waals surface area contributed by atoms with E-state index < -0.39 is 10.0 Å². The first-order chi connectivity index (χ1) is 12.5. The van der Waals surface area contributed by atoms with E-state index in [4.69, 9.17) is 16.3 Å². The summed E-state index contributed by atoms with van der Waals surface area (Å²) >= 11 is 6.14. The number of carbonyl (C=O) groups excluding carboxylic acids is 1. The molecule has 0 spiro atoms. The zero-order valence-electron chi connectivity index (χ0n) is 14.0. The molecule has 1 N–H and O–H groups in total. The predicted octanol–water partition coefficient (Wildman–Crippen LogP) is 2.54. The van der Waals surface area contributed by atoms with Crippen molar-refractivity contribution in [3.8, 4) is 0 Å². The van der Waals surface area contributed by atoms with Crippen molar-refractivity contribution < 1.29 is 17.9 Å². The first-order valence-corrected chi connectivity index (χ1v) is 10.00. The van der Waals surface area contributed by atoms with Gasteiger partial charge >= 0.3 is 0 Å². The third-order valence-electron chi connectivity index (χ3n) is 4.03. The number of anilines is 1. The zero-order valence-corrected chi connectivity index (χ0v) is 15.6. The highest BCUT2D eigenvalue weighted by Crippen LogP contribution is 2.27. The molecule has 1 heterocycles. The SMILES string of the molecule is O=C(Cc1ccccc1)Nc1cc(S(=O)(=O)N2CCOCC2)ccc1Cl. The Morgan fingerprint density at radius 2 is 1.81 bits per heavy atom. The van der Waals surface area contributed by atoms with E-state index in [1.807, 2.05) is 30.3 Å². The number of carbonyl (C=O) groups is 1. The molecule has 0 unspecified atom stereocenters. The Morgan fingerprint density at radius 1 is 1.12 bits per heavy atom. The Labute approximate surface area is 157 Å². The van der Waals surface area contributed by atoms with Crippen molar-refractivity contribution in [2.24, 2.45) is 0 Å². The van der Waals surface area contributed by atoms with Gasteiger partial charge in [0.05, 0.1) is 35.2 Å². The van der Waals surface area contributed by atoms with Crippen LogP contribution in [0.15, 0.2) is 53.4 Å². The highest BCUT2D eigenvalue weighted by molar-refractivity contribution is 7.89. The van der Waals surface area contributed by atoms with E-state index in [9.17, 15) is 13.2 Å². The van der Waals surface area contributed by atoms with Gasteiger partial charge in [-0.05, 0) is 23.8 Å². The first-order valence-electron chi connectivity index (χ1n) is 8.18. The number of sulfonamides is 1. The van der Waals surface area contributed by atoms with Gasteiger partial charge < -0.3 is 10.1 Å². The molecule has 1 amide bonds. The minimum atomic E-state index is -3.65. The van der Waals surface area contributed by atoms with Crippen LogP contribution in [-0.4, -0.2) is 44.9 Å². The molecule has 26 heavy (non-hydrogen) atoms. The summed E-state index contributed by atoms with van der Waals surface area (Å²) in [6.07, 6.45) is 0.178. The largest absolute Gasteiger partial charge is 0.379 e. The lowest BCUT2D eigenvalue weighted by atomic mass is 10.1. The minimum absolute atomic E-state index is 0.0961. The topological polar surface area (TPSA) is 75.7 Å². The molecule has 138 valence electrons. The Morgan fingerprint density at radius 3 is 2.50 bits per heavy atom. The van der Waals surface area contributed by atoms with E-state index in [1.165, 1.54) is 22.5 Å². The predicted molar refractivity (Wildman–Crippen MR) is 99.8 cm³/mol. The molecule has 1 saturated heterocycles. The molecule has 1 fully saturated rings. The number of nitrogens with one attached hydrogen (secondary N) is 1. The minimum Gasteiger partial charge on any atom is -0.379 e. The van der Waals surface area contributed by atoms with Gasteiger partial charge in [0.25, 0.3) is 0 Å². The van der Waals surface area contributed by atoms with Crippen molar-refractivity contribution in [2.45, 2.75) is 11.3 Å². The van der Waals surface area contributed by atoms with Crippen molar-refractivity contribution in [3.63, 3.8) is 0 Å². The van der Waals surface area contributed by atoms with Gasteiger partial charge in [0.1, 0.15) is 0 Å². The third-order valence-corrected chi connectivity index (χ3v) is 6.25. The monoisotopic (exact) mass is 394 g/mol. The summed E-state index contributed by atoms with van der Waals surface area (Å²) < 4.78 is 32.1. The highest BCUT2D eigenvalue weighted by Gasteiger charge is 2.27. The standard InChI is InChI=1S/C18H19ClN2O4S/c19-16-7-6-15(26(23,24)21-8-10-25-11-9-21)13-17(16)20-18(22)12-14-4-2-1-3-5-14/h1-7,13H,8-12H2,(H,20,22). The summed E-state index contributed by atoms with van der Waals surface area (Å²) in [6, 6.07) is 13.6. The number of ether oxygens (including phenoxy) is 1. The number of nitrogens with zero attached hydrogens (tertiary/aromatic N) is 1. The van der Waals surface area contributed by atoms with Gasteiger partial charge in [-0.25, -0.2) is 8.42 Å². The van der Waals surface area contributed by atoms with Crippen LogP contribution in [0.1, 0.15) is 5.56 Å². The lowest BCUT2D eigenvalue weighted by Crippen LogP contribution is -2.40. The van der Waals surface area contributed by atoms with Crippen LogP contribution in [-0.2, 0) is 26.0 Å². The smallest absolute Gasteiger partial charge is 0.243 e. The first kappa shape index (κ1) is 18.8. The summed E-state index contributed by atoms with van der Waals surface area (Å²) in [6.45, 7) is 1.35. The lowest BCUT2D eigenvalue weighted by molar-refractivity contribution is -0.115. The fraction of sp³-hybridized carbons (Fsp3) is 0.278. The van der Waals surface area contributed by atoms with Gasteiger partial charge in [0.15, 0.2) is 0 Å². The molecule has 2 aromatic rings. The van der Waals surface area contributed by atoms with E-state index in [1.54, 1.807) is 0 Å². The number of rotatable bonds is 5. The van der Waals surface area contributed by atoms with E-state index in [0.29, 0.717) is 26.3 Å². The maximum atomic E-state index is 12.7. The molecule has 2 aromatic carbocycles. The average molecular weight is 395 g/mol. The number of hydrogen-bond acceptors (Lipinski definition) is 4. The normalized spacial score (nSPS) is 15.6. The molecule has 0 aliphatic carbocycles. The molecule has 8 heteroatoms. The number of morpholine rings is 1. The number of halogens is 1. The second-order valence-corrected chi connectivity index (χ2v) is 8.21. The van der Waals surface area contributed by atoms with Gasteiger partial charge in [-0.1, -0.05) is 41.9 Å². The van der Waals surface area contributed by atoms with Crippen molar-refractivity contribution in [3.05, 3.63) is 59.1 Å². The molecule has 0 aromatic heterocycles. The molecule has 1 aliphatic heterocycles. The molecule has 3 rings (SSSR count). The van der Waals surface area contributed by atoms with E-state index in [2.05, 4.69) is 5.32 Å². The Hall–Kier alpha value is -1.93. The van der Waals surface area contributed by atoms with Gasteiger partial charge in [0.2, 0.25) is 15.9 Å². The van der Waals surface area contributed by atoms with Crippen LogP contribution in [0.5, 0.6) is 0 Å². The fourth-order valence-corrected chi connectivity index (χ4v) is 4.27. The van der Waals surface area contributed by atoms with Crippen molar-refractivity contribution in [2.75, 3.05) is 31.6 Å².